The second-order valence-corrected chi connectivity index (χ2v) is 6.52. The quantitative estimate of drug-likeness (QED) is 0.548. The van der Waals surface area contributed by atoms with Gasteiger partial charge in [0.2, 0.25) is 0 Å². The summed E-state index contributed by atoms with van der Waals surface area (Å²) < 4.78 is 28.0. The second-order valence-electron chi connectivity index (χ2n) is 6.52. The van der Waals surface area contributed by atoms with Crippen molar-refractivity contribution in [1.29, 1.82) is 0 Å². The van der Waals surface area contributed by atoms with Gasteiger partial charge < -0.3 is 11.5 Å². The molecule has 2 heterocycles. The van der Waals surface area contributed by atoms with Crippen molar-refractivity contribution in [2.75, 3.05) is 0 Å². The van der Waals surface area contributed by atoms with Gasteiger partial charge >= 0.3 is 0 Å². The minimum absolute atomic E-state index is 0.0280. The van der Waals surface area contributed by atoms with E-state index in [9.17, 15) is 8.78 Å². The molecule has 2 aromatic heterocycles. The van der Waals surface area contributed by atoms with Gasteiger partial charge in [-0.2, -0.15) is 5.10 Å². The van der Waals surface area contributed by atoms with Crippen LogP contribution in [0, 0.1) is 11.6 Å². The normalized spacial score (nSPS) is 13.9. The molecule has 0 saturated carbocycles. The summed E-state index contributed by atoms with van der Waals surface area (Å²) >= 11 is 0. The summed E-state index contributed by atoms with van der Waals surface area (Å²) in [6, 6.07) is 7.19. The molecule has 0 aliphatic rings. The highest BCUT2D eigenvalue weighted by molar-refractivity contribution is 5.66. The van der Waals surface area contributed by atoms with Gasteiger partial charge in [0.15, 0.2) is 0 Å². The van der Waals surface area contributed by atoms with Crippen LogP contribution in [0.1, 0.15) is 37.6 Å². The number of hydrogen-bond acceptors (Lipinski definition) is 5. The van der Waals surface area contributed by atoms with Crippen molar-refractivity contribution in [2.24, 2.45) is 11.5 Å². The van der Waals surface area contributed by atoms with Crippen LogP contribution in [0.3, 0.4) is 0 Å². The van der Waals surface area contributed by atoms with E-state index in [1.807, 2.05) is 13.8 Å². The molecule has 8 heteroatoms. The van der Waals surface area contributed by atoms with Crippen molar-refractivity contribution >= 4 is 5.70 Å². The van der Waals surface area contributed by atoms with Crippen LogP contribution in [0.25, 0.3) is 17.1 Å². The number of aromatic nitrogens is 4. The number of nitrogens with two attached hydrogens (primary N) is 2. The Hall–Kier alpha value is -3.55. The standard InChI is InChI=1S/C21H22F2N6/c1-3-13(11-16(24)19-14(22)5-4-6-15(19)23)20(25)12(2)21-26-9-7-17(28-21)18-8-10-27-29-18/h4-12H,3,24-25H2,1-2H3,(H,27,29)/b16-11-,20-13-. The Bertz CT molecular complexity index is 1040. The maximum atomic E-state index is 14.0. The number of aromatic amines is 1. The first-order valence-electron chi connectivity index (χ1n) is 9.15. The van der Waals surface area contributed by atoms with Gasteiger partial charge in [0.1, 0.15) is 17.5 Å². The molecule has 150 valence electrons. The molecule has 0 aliphatic heterocycles. The number of H-pyrrole nitrogens is 1. The topological polar surface area (TPSA) is 107 Å². The van der Waals surface area contributed by atoms with Crippen molar-refractivity contribution in [1.82, 2.24) is 20.2 Å². The lowest BCUT2D eigenvalue weighted by atomic mass is 9.98. The van der Waals surface area contributed by atoms with Gasteiger partial charge in [0, 0.05) is 23.8 Å². The zero-order valence-electron chi connectivity index (χ0n) is 16.2. The number of nitrogens with one attached hydrogen (secondary N) is 1. The van der Waals surface area contributed by atoms with Gasteiger partial charge in [-0.1, -0.05) is 13.0 Å². The first kappa shape index (κ1) is 20.2. The number of nitrogens with zero attached hydrogens (tertiary/aromatic N) is 3. The number of benzene rings is 1. The van der Waals surface area contributed by atoms with E-state index in [0.717, 1.165) is 17.8 Å². The van der Waals surface area contributed by atoms with Crippen LogP contribution in [0.2, 0.25) is 0 Å². The molecule has 0 spiro atoms. The van der Waals surface area contributed by atoms with Gasteiger partial charge in [-0.25, -0.2) is 18.7 Å². The van der Waals surface area contributed by atoms with Crippen LogP contribution in [-0.2, 0) is 0 Å². The molecule has 5 N–H and O–H groups in total. The number of allylic oxidation sites excluding steroid dienone is 3. The van der Waals surface area contributed by atoms with E-state index in [-0.39, 0.29) is 17.2 Å². The van der Waals surface area contributed by atoms with Crippen LogP contribution in [-0.4, -0.2) is 20.2 Å². The van der Waals surface area contributed by atoms with Gasteiger partial charge in [-0.3, -0.25) is 5.10 Å². The monoisotopic (exact) mass is 396 g/mol. The molecule has 1 aromatic carbocycles. The fraction of sp³-hybridized carbons (Fsp3) is 0.190. The Morgan fingerprint density at radius 2 is 1.86 bits per heavy atom. The zero-order chi connectivity index (χ0) is 21.0. The minimum Gasteiger partial charge on any atom is -0.401 e. The molecule has 0 amide bonds. The maximum Gasteiger partial charge on any atom is 0.137 e. The van der Waals surface area contributed by atoms with Crippen molar-refractivity contribution in [2.45, 2.75) is 26.2 Å². The Kier molecular flexibility index (Phi) is 6.01. The summed E-state index contributed by atoms with van der Waals surface area (Å²) in [4.78, 5) is 8.87. The fourth-order valence-electron chi connectivity index (χ4n) is 2.97. The van der Waals surface area contributed by atoms with Crippen molar-refractivity contribution in [3.63, 3.8) is 0 Å². The number of halogens is 2. The van der Waals surface area contributed by atoms with Crippen LogP contribution >= 0.6 is 0 Å². The SMILES string of the molecule is CCC(/C=C(\N)c1c(F)cccc1F)=C(/N)C(C)c1nccc(-c2ccn[nH]2)n1. The number of rotatable bonds is 6. The highest BCUT2D eigenvalue weighted by Gasteiger charge is 2.17. The molecule has 0 bridgehead atoms. The lowest BCUT2D eigenvalue weighted by Crippen LogP contribution is -2.14. The van der Waals surface area contributed by atoms with E-state index in [2.05, 4.69) is 20.2 Å². The maximum absolute atomic E-state index is 14.0. The first-order chi connectivity index (χ1) is 13.9. The summed E-state index contributed by atoms with van der Waals surface area (Å²) in [6.07, 6.45) is 5.31. The second kappa shape index (κ2) is 8.64. The third-order valence-corrected chi connectivity index (χ3v) is 4.64. The Morgan fingerprint density at radius 3 is 2.48 bits per heavy atom. The molecule has 3 aromatic rings. The molecule has 1 atom stereocenters. The highest BCUT2D eigenvalue weighted by Crippen LogP contribution is 2.26. The Labute approximate surface area is 167 Å². The predicted octanol–water partition coefficient (Wildman–Crippen LogP) is 3.87. The lowest BCUT2D eigenvalue weighted by molar-refractivity contribution is 0.576. The summed E-state index contributed by atoms with van der Waals surface area (Å²) in [7, 11) is 0. The Morgan fingerprint density at radius 1 is 1.14 bits per heavy atom. The smallest absolute Gasteiger partial charge is 0.137 e. The van der Waals surface area contributed by atoms with Crippen LogP contribution in [0.15, 0.2) is 60.1 Å². The van der Waals surface area contributed by atoms with Gasteiger partial charge in [0.05, 0.1) is 22.9 Å². The lowest BCUT2D eigenvalue weighted by Gasteiger charge is -2.15. The van der Waals surface area contributed by atoms with E-state index in [0.29, 0.717) is 29.2 Å². The summed E-state index contributed by atoms with van der Waals surface area (Å²) in [5.41, 5.74) is 14.7. The van der Waals surface area contributed by atoms with Crippen molar-refractivity contribution in [3.8, 4) is 11.4 Å². The Balaban J connectivity index is 1.97. The predicted molar refractivity (Wildman–Crippen MR) is 108 cm³/mol. The van der Waals surface area contributed by atoms with Gasteiger partial charge in [-0.05, 0) is 49.3 Å². The van der Waals surface area contributed by atoms with Gasteiger partial charge in [-0.15, -0.1) is 0 Å². The summed E-state index contributed by atoms with van der Waals surface area (Å²) in [5.74, 6) is -1.26. The van der Waals surface area contributed by atoms with E-state index < -0.39 is 11.6 Å². The molecule has 0 aliphatic carbocycles. The van der Waals surface area contributed by atoms with Crippen molar-refractivity contribution < 1.29 is 8.78 Å². The molecular weight excluding hydrogens is 374 g/mol. The van der Waals surface area contributed by atoms with Crippen LogP contribution in [0.5, 0.6) is 0 Å². The van der Waals surface area contributed by atoms with E-state index in [1.165, 1.54) is 12.1 Å². The minimum atomic E-state index is -0.726. The third kappa shape index (κ3) is 4.31. The molecule has 29 heavy (non-hydrogen) atoms. The van der Waals surface area contributed by atoms with Gasteiger partial charge in [0.25, 0.3) is 0 Å². The molecule has 6 nitrogen and oxygen atoms in total. The van der Waals surface area contributed by atoms with E-state index >= 15 is 0 Å². The molecular formula is C21H22F2N6. The van der Waals surface area contributed by atoms with Crippen molar-refractivity contribution in [3.05, 3.63) is 83.1 Å². The highest BCUT2D eigenvalue weighted by atomic mass is 19.1. The largest absolute Gasteiger partial charge is 0.401 e. The zero-order valence-corrected chi connectivity index (χ0v) is 16.2. The average molecular weight is 396 g/mol. The third-order valence-electron chi connectivity index (χ3n) is 4.64. The molecule has 0 radical (unpaired) electrons. The molecule has 0 fully saturated rings. The molecule has 3 rings (SSSR count). The molecule has 0 saturated heterocycles. The average Bonchev–Trinajstić information content (AvgIpc) is 3.26. The summed E-state index contributed by atoms with van der Waals surface area (Å²) in [5, 5.41) is 6.78. The summed E-state index contributed by atoms with van der Waals surface area (Å²) in [6.45, 7) is 3.75. The van der Waals surface area contributed by atoms with E-state index in [4.69, 9.17) is 11.5 Å². The number of hydrogen-bond donors (Lipinski definition) is 3. The first-order valence-corrected chi connectivity index (χ1v) is 9.15. The van der Waals surface area contributed by atoms with E-state index in [1.54, 1.807) is 24.5 Å². The fourth-order valence-corrected chi connectivity index (χ4v) is 2.97. The van der Waals surface area contributed by atoms with Crippen LogP contribution in [0.4, 0.5) is 8.78 Å². The van der Waals surface area contributed by atoms with Crippen LogP contribution < -0.4 is 11.5 Å². The molecule has 1 unspecified atom stereocenters.